The number of nitrogens with one attached hydrogen (secondary N) is 1. The molecule has 0 aromatic carbocycles. The Balaban J connectivity index is 1.85. The Hall–Kier alpha value is -0.0800. The third kappa shape index (κ3) is 2.60. The summed E-state index contributed by atoms with van der Waals surface area (Å²) in [4.78, 5) is 2.73. The molecular weight excluding hydrogens is 196 g/mol. The highest BCUT2D eigenvalue weighted by Crippen LogP contribution is 2.35. The lowest BCUT2D eigenvalue weighted by Crippen LogP contribution is -2.46. The summed E-state index contributed by atoms with van der Waals surface area (Å²) >= 11 is 0. The van der Waals surface area contributed by atoms with Crippen LogP contribution in [-0.2, 0) is 0 Å². The van der Waals surface area contributed by atoms with Crippen molar-refractivity contribution in [1.82, 2.24) is 10.2 Å². The number of nitrogens with zero attached hydrogens (tertiary/aromatic N) is 1. The third-order valence-electron chi connectivity index (χ3n) is 4.70. The average molecular weight is 224 g/mol. The van der Waals surface area contributed by atoms with Crippen molar-refractivity contribution >= 4 is 0 Å². The Morgan fingerprint density at radius 3 is 2.12 bits per heavy atom. The molecule has 0 radical (unpaired) electrons. The van der Waals surface area contributed by atoms with Gasteiger partial charge in [-0.05, 0) is 49.7 Å². The molecule has 2 rings (SSSR count). The summed E-state index contributed by atoms with van der Waals surface area (Å²) in [6.07, 6.45) is 2.79. The molecule has 0 amide bonds. The first-order valence-electron chi connectivity index (χ1n) is 6.93. The predicted octanol–water partition coefficient (Wildman–Crippen LogP) is 2.35. The molecule has 16 heavy (non-hydrogen) atoms. The Kier molecular flexibility index (Phi) is 3.60. The van der Waals surface area contributed by atoms with E-state index in [0.717, 1.165) is 17.9 Å². The number of hydrogen-bond donors (Lipinski definition) is 1. The molecule has 2 saturated heterocycles. The number of piperidine rings is 1. The first-order chi connectivity index (χ1) is 7.48. The highest BCUT2D eigenvalue weighted by Gasteiger charge is 2.34. The molecule has 0 spiro atoms. The highest BCUT2D eigenvalue weighted by atomic mass is 15.2. The maximum atomic E-state index is 3.52. The minimum Gasteiger partial charge on any atom is -0.315 e. The fourth-order valence-electron chi connectivity index (χ4n) is 3.38. The van der Waals surface area contributed by atoms with Crippen LogP contribution < -0.4 is 5.32 Å². The molecule has 2 fully saturated rings. The molecule has 0 bridgehead atoms. The smallest absolute Gasteiger partial charge is 0.0258 e. The van der Waals surface area contributed by atoms with E-state index in [2.05, 4.69) is 37.9 Å². The molecule has 0 aliphatic carbocycles. The zero-order valence-corrected chi connectivity index (χ0v) is 11.4. The Labute approximate surface area is 101 Å². The topological polar surface area (TPSA) is 15.3 Å². The van der Waals surface area contributed by atoms with Crippen LogP contribution in [0, 0.1) is 17.3 Å². The molecule has 2 heteroatoms. The predicted molar refractivity (Wildman–Crippen MR) is 69.6 cm³/mol. The SMILES string of the molecule is CC1CNCC1N1CCC(C(C)(C)C)CC1. The second-order valence-corrected chi connectivity index (χ2v) is 6.88. The average Bonchev–Trinajstić information content (AvgIpc) is 2.63. The fourth-order valence-corrected chi connectivity index (χ4v) is 3.38. The van der Waals surface area contributed by atoms with Gasteiger partial charge in [0.1, 0.15) is 0 Å². The summed E-state index contributed by atoms with van der Waals surface area (Å²) in [7, 11) is 0. The van der Waals surface area contributed by atoms with Crippen LogP contribution in [0.1, 0.15) is 40.5 Å². The van der Waals surface area contributed by atoms with E-state index in [9.17, 15) is 0 Å². The molecule has 0 aromatic rings. The summed E-state index contributed by atoms with van der Waals surface area (Å²) in [5.41, 5.74) is 0.506. The second kappa shape index (κ2) is 4.66. The van der Waals surface area contributed by atoms with Crippen molar-refractivity contribution in [3.05, 3.63) is 0 Å². The first-order valence-corrected chi connectivity index (χ1v) is 6.93. The van der Waals surface area contributed by atoms with Crippen LogP contribution in [0.15, 0.2) is 0 Å². The summed E-state index contributed by atoms with van der Waals surface area (Å²) < 4.78 is 0. The Morgan fingerprint density at radius 1 is 1.06 bits per heavy atom. The molecule has 2 aliphatic rings. The first kappa shape index (κ1) is 12.4. The van der Waals surface area contributed by atoms with Crippen LogP contribution in [-0.4, -0.2) is 37.1 Å². The quantitative estimate of drug-likeness (QED) is 0.735. The van der Waals surface area contributed by atoms with Gasteiger partial charge >= 0.3 is 0 Å². The Morgan fingerprint density at radius 2 is 1.69 bits per heavy atom. The maximum Gasteiger partial charge on any atom is 0.0258 e. The zero-order chi connectivity index (χ0) is 11.8. The minimum atomic E-state index is 0.506. The van der Waals surface area contributed by atoms with Gasteiger partial charge in [-0.25, -0.2) is 0 Å². The number of rotatable bonds is 1. The number of likely N-dealkylation sites (tertiary alicyclic amines) is 1. The van der Waals surface area contributed by atoms with Crippen LogP contribution >= 0.6 is 0 Å². The lowest BCUT2D eigenvalue weighted by Gasteiger charge is -2.41. The van der Waals surface area contributed by atoms with Crippen molar-refractivity contribution in [2.24, 2.45) is 17.3 Å². The third-order valence-corrected chi connectivity index (χ3v) is 4.70. The lowest BCUT2D eigenvalue weighted by atomic mass is 9.75. The highest BCUT2D eigenvalue weighted by molar-refractivity contribution is 4.90. The van der Waals surface area contributed by atoms with E-state index < -0.39 is 0 Å². The Bertz CT molecular complexity index is 223. The molecule has 2 aliphatic heterocycles. The van der Waals surface area contributed by atoms with Crippen LogP contribution in [0.5, 0.6) is 0 Å². The van der Waals surface area contributed by atoms with Gasteiger partial charge in [-0.15, -0.1) is 0 Å². The van der Waals surface area contributed by atoms with Gasteiger partial charge in [0.25, 0.3) is 0 Å². The van der Waals surface area contributed by atoms with Gasteiger partial charge in [0.05, 0.1) is 0 Å². The van der Waals surface area contributed by atoms with Gasteiger partial charge < -0.3 is 5.32 Å². The van der Waals surface area contributed by atoms with E-state index in [4.69, 9.17) is 0 Å². The molecule has 2 unspecified atom stereocenters. The van der Waals surface area contributed by atoms with Crippen molar-refractivity contribution in [3.8, 4) is 0 Å². The molecule has 0 aromatic heterocycles. The van der Waals surface area contributed by atoms with E-state index in [1.807, 2.05) is 0 Å². The molecule has 94 valence electrons. The molecular formula is C14H28N2. The molecule has 2 heterocycles. The van der Waals surface area contributed by atoms with Crippen LogP contribution in [0.3, 0.4) is 0 Å². The molecule has 2 nitrogen and oxygen atoms in total. The van der Waals surface area contributed by atoms with E-state index in [1.165, 1.54) is 39.0 Å². The lowest BCUT2D eigenvalue weighted by molar-refractivity contribution is 0.0766. The summed E-state index contributed by atoms with van der Waals surface area (Å²) in [5.74, 6) is 1.76. The second-order valence-electron chi connectivity index (χ2n) is 6.88. The van der Waals surface area contributed by atoms with Crippen molar-refractivity contribution in [2.75, 3.05) is 26.2 Å². The van der Waals surface area contributed by atoms with Crippen molar-refractivity contribution in [3.63, 3.8) is 0 Å². The maximum absolute atomic E-state index is 3.52. The monoisotopic (exact) mass is 224 g/mol. The van der Waals surface area contributed by atoms with E-state index >= 15 is 0 Å². The van der Waals surface area contributed by atoms with Gasteiger partial charge in [0, 0.05) is 12.6 Å². The van der Waals surface area contributed by atoms with Crippen molar-refractivity contribution in [2.45, 2.75) is 46.6 Å². The molecule has 1 N–H and O–H groups in total. The summed E-state index contributed by atoms with van der Waals surface area (Å²) in [5, 5.41) is 3.52. The molecule has 2 atom stereocenters. The van der Waals surface area contributed by atoms with Crippen LogP contribution in [0.25, 0.3) is 0 Å². The largest absolute Gasteiger partial charge is 0.315 e. The van der Waals surface area contributed by atoms with E-state index in [-0.39, 0.29) is 0 Å². The number of hydrogen-bond acceptors (Lipinski definition) is 2. The van der Waals surface area contributed by atoms with Gasteiger partial charge in [-0.2, -0.15) is 0 Å². The standard InChI is InChI=1S/C14H28N2/c1-11-9-15-10-13(11)16-7-5-12(6-8-16)14(2,3)4/h11-13,15H,5-10H2,1-4H3. The van der Waals surface area contributed by atoms with Gasteiger partial charge in [0.2, 0.25) is 0 Å². The van der Waals surface area contributed by atoms with Crippen LogP contribution in [0.2, 0.25) is 0 Å². The van der Waals surface area contributed by atoms with E-state index in [1.54, 1.807) is 0 Å². The van der Waals surface area contributed by atoms with Gasteiger partial charge in [-0.1, -0.05) is 27.7 Å². The fraction of sp³-hybridized carbons (Fsp3) is 1.00. The van der Waals surface area contributed by atoms with Gasteiger partial charge in [0.15, 0.2) is 0 Å². The summed E-state index contributed by atoms with van der Waals surface area (Å²) in [6.45, 7) is 14.6. The van der Waals surface area contributed by atoms with Gasteiger partial charge in [-0.3, -0.25) is 4.90 Å². The normalized spacial score (nSPS) is 34.5. The summed E-state index contributed by atoms with van der Waals surface area (Å²) in [6, 6.07) is 0.806. The molecule has 0 saturated carbocycles. The zero-order valence-electron chi connectivity index (χ0n) is 11.4. The van der Waals surface area contributed by atoms with Crippen LogP contribution in [0.4, 0.5) is 0 Å². The minimum absolute atomic E-state index is 0.506. The van der Waals surface area contributed by atoms with Crippen molar-refractivity contribution < 1.29 is 0 Å². The van der Waals surface area contributed by atoms with Crippen molar-refractivity contribution in [1.29, 1.82) is 0 Å². The van der Waals surface area contributed by atoms with E-state index in [0.29, 0.717) is 5.41 Å².